The van der Waals surface area contributed by atoms with E-state index in [1.54, 1.807) is 11.0 Å². The summed E-state index contributed by atoms with van der Waals surface area (Å²) in [7, 11) is 0. The van der Waals surface area contributed by atoms with E-state index in [2.05, 4.69) is 15.6 Å². The maximum atomic E-state index is 12.6. The number of nitrogens with zero attached hydrogens (tertiary/aromatic N) is 2. The first-order valence-corrected chi connectivity index (χ1v) is 9.30. The number of rotatable bonds is 5. The maximum Gasteiger partial charge on any atom is 0.416 e. The van der Waals surface area contributed by atoms with Gasteiger partial charge in [0.25, 0.3) is 5.91 Å². The van der Waals surface area contributed by atoms with Gasteiger partial charge in [0.15, 0.2) is 0 Å². The van der Waals surface area contributed by atoms with Crippen LogP contribution >= 0.6 is 0 Å². The van der Waals surface area contributed by atoms with E-state index in [4.69, 9.17) is 0 Å². The highest BCUT2D eigenvalue weighted by molar-refractivity contribution is 6.04. The molecule has 6 nitrogen and oxygen atoms in total. The Morgan fingerprint density at radius 2 is 1.97 bits per heavy atom. The molecule has 1 aromatic heterocycles. The predicted octanol–water partition coefficient (Wildman–Crippen LogP) is 3.20. The Kier molecular flexibility index (Phi) is 4.89. The van der Waals surface area contributed by atoms with Crippen molar-refractivity contribution in [3.05, 3.63) is 53.2 Å². The fourth-order valence-corrected chi connectivity index (χ4v) is 3.16. The van der Waals surface area contributed by atoms with E-state index in [0.29, 0.717) is 29.5 Å². The van der Waals surface area contributed by atoms with Gasteiger partial charge in [0.05, 0.1) is 23.4 Å². The van der Waals surface area contributed by atoms with E-state index in [-0.39, 0.29) is 24.6 Å². The van der Waals surface area contributed by atoms with Gasteiger partial charge < -0.3 is 15.5 Å². The fraction of sp³-hybridized carbons (Fsp3) is 0.350. The van der Waals surface area contributed by atoms with Crippen LogP contribution in [0.1, 0.15) is 34.3 Å². The number of benzene rings is 1. The van der Waals surface area contributed by atoms with Crippen molar-refractivity contribution in [2.45, 2.75) is 25.6 Å². The molecule has 1 aliphatic carbocycles. The second-order valence-corrected chi connectivity index (χ2v) is 7.27. The fourth-order valence-electron chi connectivity index (χ4n) is 3.16. The Hall–Kier alpha value is -3.10. The van der Waals surface area contributed by atoms with Crippen molar-refractivity contribution in [1.29, 1.82) is 0 Å². The number of alkyl halides is 3. The molecule has 2 heterocycles. The molecule has 0 saturated heterocycles. The van der Waals surface area contributed by atoms with Gasteiger partial charge in [-0.05, 0) is 42.5 Å². The minimum Gasteiger partial charge on any atom is -0.359 e. The number of aromatic nitrogens is 1. The van der Waals surface area contributed by atoms with Crippen LogP contribution in [0.25, 0.3) is 0 Å². The number of carbonyl (C=O) groups is 2. The summed E-state index contributed by atoms with van der Waals surface area (Å²) in [5, 5.41) is 5.63. The van der Waals surface area contributed by atoms with Crippen LogP contribution in [0, 0.1) is 5.92 Å². The van der Waals surface area contributed by atoms with Crippen molar-refractivity contribution < 1.29 is 22.8 Å². The lowest BCUT2D eigenvalue weighted by molar-refractivity contribution is -0.137. The van der Waals surface area contributed by atoms with Crippen molar-refractivity contribution in [3.8, 4) is 0 Å². The van der Waals surface area contributed by atoms with Gasteiger partial charge in [-0.15, -0.1) is 0 Å². The number of halogens is 3. The molecule has 0 bridgehead atoms. The van der Waals surface area contributed by atoms with Crippen LogP contribution in [-0.2, 0) is 17.5 Å². The van der Waals surface area contributed by atoms with Crippen LogP contribution in [0.2, 0.25) is 0 Å². The van der Waals surface area contributed by atoms with Crippen molar-refractivity contribution in [2.24, 2.45) is 5.92 Å². The molecule has 4 rings (SSSR count). The Labute approximate surface area is 165 Å². The molecule has 2 aliphatic rings. The van der Waals surface area contributed by atoms with Gasteiger partial charge in [0.2, 0.25) is 5.91 Å². The summed E-state index contributed by atoms with van der Waals surface area (Å²) in [5.74, 6) is 0.574. The monoisotopic (exact) mass is 404 g/mol. The average Bonchev–Trinajstić information content (AvgIpc) is 3.52. The zero-order chi connectivity index (χ0) is 20.6. The number of hydrogen-bond acceptors (Lipinski definition) is 4. The summed E-state index contributed by atoms with van der Waals surface area (Å²) in [4.78, 5) is 30.7. The number of fused-ring (bicyclic) bond motifs is 1. The van der Waals surface area contributed by atoms with Crippen molar-refractivity contribution >= 4 is 23.3 Å². The van der Waals surface area contributed by atoms with Crippen LogP contribution in [-0.4, -0.2) is 29.9 Å². The summed E-state index contributed by atoms with van der Waals surface area (Å²) in [6, 6.07) is 6.24. The van der Waals surface area contributed by atoms with Gasteiger partial charge in [0, 0.05) is 19.3 Å². The summed E-state index contributed by atoms with van der Waals surface area (Å²) in [6.07, 6.45) is -0.798. The largest absolute Gasteiger partial charge is 0.416 e. The Morgan fingerprint density at radius 3 is 2.62 bits per heavy atom. The van der Waals surface area contributed by atoms with E-state index in [1.807, 2.05) is 0 Å². The van der Waals surface area contributed by atoms with Crippen molar-refractivity contribution in [2.75, 3.05) is 23.3 Å². The van der Waals surface area contributed by atoms with E-state index >= 15 is 0 Å². The minimum absolute atomic E-state index is 0.0616. The van der Waals surface area contributed by atoms with Crippen LogP contribution < -0.4 is 15.5 Å². The highest BCUT2D eigenvalue weighted by Crippen LogP contribution is 2.35. The second-order valence-electron chi connectivity index (χ2n) is 7.27. The lowest BCUT2D eigenvalue weighted by Gasteiger charge is -2.29. The molecule has 2 amide bonds. The molecule has 152 valence electrons. The molecule has 2 N–H and O–H groups in total. The summed E-state index contributed by atoms with van der Waals surface area (Å²) in [6.45, 7) is 0.870. The first-order chi connectivity index (χ1) is 13.8. The zero-order valence-corrected chi connectivity index (χ0v) is 15.4. The standard InChI is InChI=1S/C20H19F3N4O2/c21-20(22,23)15-5-3-12(4-6-15)8-26-19(29)14-7-16-18(24-9-14)25-10-17(28)27(16)11-13-1-2-13/h3-7,9,13H,1-2,8,10-11H2,(H,24,25)(H,26,29). The van der Waals surface area contributed by atoms with Crippen molar-refractivity contribution in [1.82, 2.24) is 10.3 Å². The number of nitrogens with one attached hydrogen (secondary N) is 2. The van der Waals surface area contributed by atoms with Crippen molar-refractivity contribution in [3.63, 3.8) is 0 Å². The SMILES string of the molecule is O=C(NCc1ccc(C(F)(F)F)cc1)c1cnc2c(c1)N(CC1CC1)C(=O)CN2. The molecule has 1 aliphatic heterocycles. The molecule has 1 saturated carbocycles. The van der Waals surface area contributed by atoms with Crippen LogP contribution in [0.15, 0.2) is 36.5 Å². The number of amides is 2. The molecular formula is C20H19F3N4O2. The molecule has 0 unspecified atom stereocenters. The third-order valence-electron chi connectivity index (χ3n) is 5.00. The van der Waals surface area contributed by atoms with E-state index in [9.17, 15) is 22.8 Å². The molecule has 0 radical (unpaired) electrons. The summed E-state index contributed by atoms with van der Waals surface area (Å²) >= 11 is 0. The topological polar surface area (TPSA) is 74.3 Å². The normalized spacial score (nSPS) is 16.2. The lowest BCUT2D eigenvalue weighted by Crippen LogP contribution is -2.41. The Morgan fingerprint density at radius 1 is 1.24 bits per heavy atom. The molecule has 0 spiro atoms. The second kappa shape index (κ2) is 7.38. The maximum absolute atomic E-state index is 12.6. The average molecular weight is 404 g/mol. The summed E-state index contributed by atoms with van der Waals surface area (Å²) < 4.78 is 37.9. The van der Waals surface area contributed by atoms with Gasteiger partial charge in [-0.3, -0.25) is 9.59 Å². The zero-order valence-electron chi connectivity index (χ0n) is 15.4. The highest BCUT2D eigenvalue weighted by atomic mass is 19.4. The number of carbonyl (C=O) groups excluding carboxylic acids is 2. The van der Waals surface area contributed by atoms with Crippen LogP contribution in [0.3, 0.4) is 0 Å². The van der Waals surface area contributed by atoms with Gasteiger partial charge in [-0.25, -0.2) is 4.98 Å². The molecule has 29 heavy (non-hydrogen) atoms. The van der Waals surface area contributed by atoms with E-state index in [1.165, 1.54) is 18.3 Å². The molecule has 2 aromatic rings. The Bertz CT molecular complexity index is 940. The van der Waals surface area contributed by atoms with Crippen LogP contribution in [0.5, 0.6) is 0 Å². The quantitative estimate of drug-likeness (QED) is 0.803. The third-order valence-corrected chi connectivity index (χ3v) is 5.00. The first-order valence-electron chi connectivity index (χ1n) is 9.30. The number of hydrogen-bond donors (Lipinski definition) is 2. The predicted molar refractivity (Wildman–Crippen MR) is 100 cm³/mol. The van der Waals surface area contributed by atoms with Gasteiger partial charge in [0.1, 0.15) is 5.82 Å². The first kappa shape index (κ1) is 19.2. The molecule has 0 atom stereocenters. The molecule has 1 aromatic carbocycles. The minimum atomic E-state index is -4.39. The van der Waals surface area contributed by atoms with Gasteiger partial charge >= 0.3 is 6.18 Å². The third kappa shape index (κ3) is 4.33. The van der Waals surface area contributed by atoms with E-state index < -0.39 is 17.6 Å². The Balaban J connectivity index is 1.45. The molecule has 1 fully saturated rings. The van der Waals surface area contributed by atoms with E-state index in [0.717, 1.165) is 25.0 Å². The van der Waals surface area contributed by atoms with Gasteiger partial charge in [-0.2, -0.15) is 13.2 Å². The molecular weight excluding hydrogens is 385 g/mol. The van der Waals surface area contributed by atoms with Crippen LogP contribution in [0.4, 0.5) is 24.7 Å². The van der Waals surface area contributed by atoms with Gasteiger partial charge in [-0.1, -0.05) is 12.1 Å². The number of anilines is 2. The highest BCUT2D eigenvalue weighted by Gasteiger charge is 2.32. The smallest absolute Gasteiger partial charge is 0.359 e. The molecule has 9 heteroatoms. The number of pyridine rings is 1. The summed E-state index contributed by atoms with van der Waals surface area (Å²) in [5.41, 5.74) is 0.673. The lowest BCUT2D eigenvalue weighted by atomic mass is 10.1.